The maximum Gasteiger partial charge on any atom is 0.254 e. The molecule has 2 atom stereocenters. The molecule has 0 radical (unpaired) electrons. The number of nitrogens with one attached hydrogen (secondary N) is 1. The molecule has 0 bridgehead atoms. The summed E-state index contributed by atoms with van der Waals surface area (Å²) >= 11 is 0. The summed E-state index contributed by atoms with van der Waals surface area (Å²) in [5.74, 6) is -0.0722. The van der Waals surface area contributed by atoms with Gasteiger partial charge in [0.1, 0.15) is 6.04 Å². The summed E-state index contributed by atoms with van der Waals surface area (Å²) in [6.07, 6.45) is 0.846. The lowest BCUT2D eigenvalue weighted by atomic mass is 9.97. The average molecular weight is 274 g/mol. The van der Waals surface area contributed by atoms with E-state index in [4.69, 9.17) is 0 Å². The first-order valence-electron chi connectivity index (χ1n) is 7.20. The zero-order valence-electron chi connectivity index (χ0n) is 12.5. The Morgan fingerprint density at radius 2 is 1.85 bits per heavy atom. The van der Waals surface area contributed by atoms with Gasteiger partial charge in [-0.25, -0.2) is 0 Å². The van der Waals surface area contributed by atoms with Crippen LogP contribution in [0.4, 0.5) is 5.69 Å². The van der Waals surface area contributed by atoms with Crippen molar-refractivity contribution in [2.24, 2.45) is 5.92 Å². The molecule has 0 spiro atoms. The van der Waals surface area contributed by atoms with Crippen LogP contribution in [0.5, 0.6) is 0 Å². The van der Waals surface area contributed by atoms with Gasteiger partial charge in [0.05, 0.1) is 11.3 Å². The largest absolute Gasteiger partial charge is 0.340 e. The molecule has 2 rings (SSSR count). The summed E-state index contributed by atoms with van der Waals surface area (Å²) in [6.45, 7) is 7.97. The summed E-state index contributed by atoms with van der Waals surface area (Å²) in [5, 5.41) is 2.89. The second-order valence-corrected chi connectivity index (χ2v) is 5.66. The van der Waals surface area contributed by atoms with Gasteiger partial charge < -0.3 is 10.2 Å². The fourth-order valence-corrected chi connectivity index (χ4v) is 2.58. The highest BCUT2D eigenvalue weighted by atomic mass is 16.2. The van der Waals surface area contributed by atoms with Crippen LogP contribution in [0.1, 0.15) is 44.5 Å². The first-order valence-corrected chi connectivity index (χ1v) is 7.20. The molecule has 0 saturated carbocycles. The SMILES string of the molecule is CCC(C)C1NC(=O)c2ccccc2N(C(C)C)C1=O. The highest BCUT2D eigenvalue weighted by Gasteiger charge is 2.36. The van der Waals surface area contributed by atoms with E-state index < -0.39 is 6.04 Å². The number of benzene rings is 1. The van der Waals surface area contributed by atoms with Crippen molar-refractivity contribution in [1.82, 2.24) is 5.32 Å². The van der Waals surface area contributed by atoms with Gasteiger partial charge in [-0.05, 0) is 31.9 Å². The van der Waals surface area contributed by atoms with Crippen molar-refractivity contribution >= 4 is 17.5 Å². The molecule has 1 N–H and O–H groups in total. The second-order valence-electron chi connectivity index (χ2n) is 5.66. The third kappa shape index (κ3) is 2.42. The van der Waals surface area contributed by atoms with Crippen LogP contribution in [0.15, 0.2) is 24.3 Å². The molecule has 1 aromatic carbocycles. The van der Waals surface area contributed by atoms with Crippen LogP contribution in [0, 0.1) is 5.92 Å². The Labute approximate surface area is 120 Å². The van der Waals surface area contributed by atoms with Crippen molar-refractivity contribution in [2.45, 2.75) is 46.2 Å². The summed E-state index contributed by atoms with van der Waals surface area (Å²) in [7, 11) is 0. The number of carbonyl (C=O) groups excluding carboxylic acids is 2. The van der Waals surface area contributed by atoms with E-state index in [1.54, 1.807) is 11.0 Å². The molecule has 2 unspecified atom stereocenters. The van der Waals surface area contributed by atoms with Crippen molar-refractivity contribution in [3.8, 4) is 0 Å². The van der Waals surface area contributed by atoms with Crippen LogP contribution in [0.2, 0.25) is 0 Å². The fourth-order valence-electron chi connectivity index (χ4n) is 2.58. The summed E-state index contributed by atoms with van der Waals surface area (Å²) < 4.78 is 0. The first kappa shape index (κ1) is 14.6. The number of hydrogen-bond donors (Lipinski definition) is 1. The van der Waals surface area contributed by atoms with Gasteiger partial charge in [0.15, 0.2) is 0 Å². The number of nitrogens with zero attached hydrogens (tertiary/aromatic N) is 1. The minimum atomic E-state index is -0.456. The molecule has 1 aliphatic rings. The van der Waals surface area contributed by atoms with Gasteiger partial charge in [-0.1, -0.05) is 32.4 Å². The van der Waals surface area contributed by atoms with Crippen LogP contribution in [-0.2, 0) is 4.79 Å². The number of anilines is 1. The lowest BCUT2D eigenvalue weighted by Crippen LogP contribution is -2.51. The van der Waals surface area contributed by atoms with Crippen LogP contribution >= 0.6 is 0 Å². The second kappa shape index (κ2) is 5.65. The highest BCUT2D eigenvalue weighted by Crippen LogP contribution is 2.28. The summed E-state index contributed by atoms with van der Waals surface area (Å²) in [5.41, 5.74) is 1.27. The Hall–Kier alpha value is -1.84. The van der Waals surface area contributed by atoms with Gasteiger partial charge in [0, 0.05) is 6.04 Å². The molecule has 0 aliphatic carbocycles. The monoisotopic (exact) mass is 274 g/mol. The van der Waals surface area contributed by atoms with E-state index in [1.807, 2.05) is 45.9 Å². The van der Waals surface area contributed by atoms with E-state index in [1.165, 1.54) is 0 Å². The van der Waals surface area contributed by atoms with Crippen LogP contribution in [0.3, 0.4) is 0 Å². The maximum atomic E-state index is 12.8. The Bertz CT molecular complexity index is 525. The normalized spacial score (nSPS) is 20.4. The minimum absolute atomic E-state index is 0.0166. The van der Waals surface area contributed by atoms with Crippen molar-refractivity contribution in [1.29, 1.82) is 0 Å². The standard InChI is InChI=1S/C16H22N2O2/c1-5-11(4)14-16(20)18(10(2)3)13-9-7-6-8-12(13)15(19)17-14/h6-11,14H,5H2,1-4H3,(H,17,19). The molecule has 1 aliphatic heterocycles. The van der Waals surface area contributed by atoms with Gasteiger partial charge in [-0.3, -0.25) is 9.59 Å². The predicted molar refractivity (Wildman–Crippen MR) is 79.8 cm³/mol. The zero-order chi connectivity index (χ0) is 14.9. The van der Waals surface area contributed by atoms with Gasteiger partial charge >= 0.3 is 0 Å². The molecule has 0 saturated heterocycles. The lowest BCUT2D eigenvalue weighted by molar-refractivity contribution is -0.121. The number of hydrogen-bond acceptors (Lipinski definition) is 2. The molecular weight excluding hydrogens is 252 g/mol. The zero-order valence-corrected chi connectivity index (χ0v) is 12.5. The molecule has 2 amide bonds. The molecular formula is C16H22N2O2. The molecule has 1 heterocycles. The lowest BCUT2D eigenvalue weighted by Gasteiger charge is -2.30. The maximum absolute atomic E-state index is 12.8. The molecule has 0 aromatic heterocycles. The Balaban J connectivity index is 2.54. The van der Waals surface area contributed by atoms with Crippen molar-refractivity contribution in [3.63, 3.8) is 0 Å². The van der Waals surface area contributed by atoms with E-state index >= 15 is 0 Å². The number of para-hydroxylation sites is 1. The molecule has 1 aromatic rings. The van der Waals surface area contributed by atoms with E-state index in [0.29, 0.717) is 11.3 Å². The van der Waals surface area contributed by atoms with E-state index in [2.05, 4.69) is 5.32 Å². The molecule has 0 fully saturated rings. The Morgan fingerprint density at radius 3 is 2.45 bits per heavy atom. The molecule has 4 nitrogen and oxygen atoms in total. The smallest absolute Gasteiger partial charge is 0.254 e. The highest BCUT2D eigenvalue weighted by molar-refractivity contribution is 6.11. The van der Waals surface area contributed by atoms with Gasteiger partial charge in [-0.15, -0.1) is 0 Å². The quantitative estimate of drug-likeness (QED) is 0.921. The predicted octanol–water partition coefficient (Wildman–Crippen LogP) is 2.59. The van der Waals surface area contributed by atoms with Gasteiger partial charge in [0.2, 0.25) is 5.91 Å². The van der Waals surface area contributed by atoms with Gasteiger partial charge in [-0.2, -0.15) is 0 Å². The average Bonchev–Trinajstić information content (AvgIpc) is 2.54. The van der Waals surface area contributed by atoms with Crippen LogP contribution in [0.25, 0.3) is 0 Å². The van der Waals surface area contributed by atoms with E-state index in [9.17, 15) is 9.59 Å². The van der Waals surface area contributed by atoms with E-state index in [-0.39, 0.29) is 23.8 Å². The van der Waals surface area contributed by atoms with Gasteiger partial charge in [0.25, 0.3) is 5.91 Å². The summed E-state index contributed by atoms with van der Waals surface area (Å²) in [6, 6.07) is 6.85. The Kier molecular flexibility index (Phi) is 4.12. The number of carbonyl (C=O) groups is 2. The first-order chi connectivity index (χ1) is 9.47. The number of fused-ring (bicyclic) bond motifs is 1. The van der Waals surface area contributed by atoms with Crippen LogP contribution in [-0.4, -0.2) is 23.9 Å². The third-order valence-electron chi connectivity index (χ3n) is 3.93. The van der Waals surface area contributed by atoms with E-state index in [0.717, 1.165) is 6.42 Å². The third-order valence-corrected chi connectivity index (χ3v) is 3.93. The van der Waals surface area contributed by atoms with Crippen molar-refractivity contribution < 1.29 is 9.59 Å². The number of rotatable bonds is 3. The Morgan fingerprint density at radius 1 is 1.20 bits per heavy atom. The fraction of sp³-hybridized carbons (Fsp3) is 0.500. The molecule has 108 valence electrons. The summed E-state index contributed by atoms with van der Waals surface area (Å²) in [4.78, 5) is 26.9. The van der Waals surface area contributed by atoms with Crippen molar-refractivity contribution in [3.05, 3.63) is 29.8 Å². The minimum Gasteiger partial charge on any atom is -0.340 e. The molecule has 4 heteroatoms. The number of amides is 2. The topological polar surface area (TPSA) is 49.4 Å². The molecule has 20 heavy (non-hydrogen) atoms. The van der Waals surface area contributed by atoms with Crippen molar-refractivity contribution in [2.75, 3.05) is 4.90 Å². The van der Waals surface area contributed by atoms with Crippen LogP contribution < -0.4 is 10.2 Å².